The van der Waals surface area contributed by atoms with E-state index in [1.165, 1.54) is 6.42 Å². The highest BCUT2D eigenvalue weighted by Crippen LogP contribution is 2.20. The monoisotopic (exact) mass is 248 g/mol. The molecule has 0 saturated heterocycles. The second kappa shape index (κ2) is 6.43. The van der Waals surface area contributed by atoms with Gasteiger partial charge >= 0.3 is 0 Å². The SMILES string of the molecule is Cc1c(NC(C)CCC(C)C)cccc1C(N)=O. The fourth-order valence-electron chi connectivity index (χ4n) is 1.98. The lowest BCUT2D eigenvalue weighted by Crippen LogP contribution is -2.18. The van der Waals surface area contributed by atoms with Gasteiger partial charge in [0.1, 0.15) is 0 Å². The van der Waals surface area contributed by atoms with Crippen LogP contribution in [0.3, 0.4) is 0 Å². The van der Waals surface area contributed by atoms with Crippen molar-refractivity contribution >= 4 is 11.6 Å². The van der Waals surface area contributed by atoms with Gasteiger partial charge in [0.15, 0.2) is 0 Å². The third-order valence-electron chi connectivity index (χ3n) is 3.18. The van der Waals surface area contributed by atoms with Gasteiger partial charge in [-0.25, -0.2) is 0 Å². The number of nitrogens with two attached hydrogens (primary N) is 1. The molecule has 1 amide bonds. The Morgan fingerprint density at radius 3 is 2.50 bits per heavy atom. The van der Waals surface area contributed by atoms with Crippen LogP contribution in [0.2, 0.25) is 0 Å². The summed E-state index contributed by atoms with van der Waals surface area (Å²) in [7, 11) is 0. The maximum absolute atomic E-state index is 11.3. The first-order valence-electron chi connectivity index (χ1n) is 6.57. The van der Waals surface area contributed by atoms with Gasteiger partial charge in [-0.2, -0.15) is 0 Å². The maximum atomic E-state index is 11.3. The van der Waals surface area contributed by atoms with Crippen molar-refractivity contribution in [2.45, 2.75) is 46.6 Å². The topological polar surface area (TPSA) is 55.1 Å². The minimum absolute atomic E-state index is 0.369. The highest BCUT2D eigenvalue weighted by Gasteiger charge is 2.10. The molecule has 0 spiro atoms. The third kappa shape index (κ3) is 4.06. The van der Waals surface area contributed by atoms with E-state index >= 15 is 0 Å². The second-order valence-corrected chi connectivity index (χ2v) is 5.36. The van der Waals surface area contributed by atoms with Crippen molar-refractivity contribution < 1.29 is 4.79 Å². The van der Waals surface area contributed by atoms with Gasteiger partial charge in [0.25, 0.3) is 0 Å². The Bertz CT molecular complexity index is 413. The summed E-state index contributed by atoms with van der Waals surface area (Å²) in [6.45, 7) is 8.55. The molecule has 0 heterocycles. The molecule has 1 aromatic carbocycles. The number of primary amides is 1. The molecule has 0 fully saturated rings. The molecule has 0 aliphatic heterocycles. The summed E-state index contributed by atoms with van der Waals surface area (Å²) in [5.74, 6) is 0.346. The van der Waals surface area contributed by atoms with Crippen LogP contribution < -0.4 is 11.1 Å². The summed E-state index contributed by atoms with van der Waals surface area (Å²) >= 11 is 0. The molecule has 18 heavy (non-hydrogen) atoms. The number of amides is 1. The smallest absolute Gasteiger partial charge is 0.249 e. The number of carbonyl (C=O) groups is 1. The van der Waals surface area contributed by atoms with Crippen LogP contribution in [0.15, 0.2) is 18.2 Å². The molecule has 0 aliphatic rings. The number of hydrogen-bond donors (Lipinski definition) is 2. The van der Waals surface area contributed by atoms with Gasteiger partial charge in [-0.1, -0.05) is 19.9 Å². The number of anilines is 1. The minimum Gasteiger partial charge on any atom is -0.382 e. The van der Waals surface area contributed by atoms with E-state index in [1.54, 1.807) is 6.07 Å². The van der Waals surface area contributed by atoms with E-state index in [0.29, 0.717) is 17.5 Å². The largest absolute Gasteiger partial charge is 0.382 e. The fourth-order valence-corrected chi connectivity index (χ4v) is 1.98. The van der Waals surface area contributed by atoms with E-state index in [9.17, 15) is 4.79 Å². The number of benzene rings is 1. The van der Waals surface area contributed by atoms with Crippen molar-refractivity contribution in [1.29, 1.82) is 0 Å². The highest BCUT2D eigenvalue weighted by molar-refractivity contribution is 5.95. The average Bonchev–Trinajstić information content (AvgIpc) is 2.29. The van der Waals surface area contributed by atoms with E-state index in [-0.39, 0.29) is 5.91 Å². The molecule has 3 N–H and O–H groups in total. The van der Waals surface area contributed by atoms with Crippen LogP contribution >= 0.6 is 0 Å². The van der Waals surface area contributed by atoms with E-state index in [0.717, 1.165) is 17.7 Å². The standard InChI is InChI=1S/C15H24N2O/c1-10(2)8-9-11(3)17-14-7-5-6-13(12(14)4)15(16)18/h5-7,10-11,17H,8-9H2,1-4H3,(H2,16,18). The van der Waals surface area contributed by atoms with Crippen molar-refractivity contribution in [3.05, 3.63) is 29.3 Å². The number of hydrogen-bond acceptors (Lipinski definition) is 2. The van der Waals surface area contributed by atoms with Crippen molar-refractivity contribution in [2.75, 3.05) is 5.32 Å². The summed E-state index contributed by atoms with van der Waals surface area (Å²) in [6, 6.07) is 6.02. The zero-order chi connectivity index (χ0) is 13.7. The normalized spacial score (nSPS) is 12.5. The van der Waals surface area contributed by atoms with Crippen LogP contribution in [0.1, 0.15) is 49.5 Å². The van der Waals surface area contributed by atoms with Crippen LogP contribution in [0.25, 0.3) is 0 Å². The van der Waals surface area contributed by atoms with Crippen LogP contribution in [0, 0.1) is 12.8 Å². The summed E-state index contributed by atoms with van der Waals surface area (Å²) < 4.78 is 0. The van der Waals surface area contributed by atoms with Crippen LogP contribution in [0.4, 0.5) is 5.69 Å². The van der Waals surface area contributed by atoms with Gasteiger partial charge in [-0.05, 0) is 50.3 Å². The molecule has 1 atom stereocenters. The van der Waals surface area contributed by atoms with E-state index in [2.05, 4.69) is 26.1 Å². The van der Waals surface area contributed by atoms with Gasteiger partial charge < -0.3 is 11.1 Å². The first-order valence-corrected chi connectivity index (χ1v) is 6.57. The molecule has 0 radical (unpaired) electrons. The molecular formula is C15H24N2O. The molecule has 3 heteroatoms. The Balaban J connectivity index is 2.73. The number of rotatable bonds is 6. The lowest BCUT2D eigenvalue weighted by atomic mass is 10.0. The lowest BCUT2D eigenvalue weighted by molar-refractivity contribution is 0.1000. The Morgan fingerprint density at radius 2 is 1.94 bits per heavy atom. The van der Waals surface area contributed by atoms with Crippen molar-refractivity contribution in [2.24, 2.45) is 11.7 Å². The van der Waals surface area contributed by atoms with Gasteiger partial charge in [0.2, 0.25) is 5.91 Å². The highest BCUT2D eigenvalue weighted by atomic mass is 16.1. The van der Waals surface area contributed by atoms with Crippen molar-refractivity contribution in [3.63, 3.8) is 0 Å². The zero-order valence-corrected chi connectivity index (χ0v) is 11.8. The van der Waals surface area contributed by atoms with E-state index < -0.39 is 0 Å². The first kappa shape index (κ1) is 14.6. The molecule has 0 aromatic heterocycles. The first-order chi connectivity index (χ1) is 8.41. The summed E-state index contributed by atoms with van der Waals surface area (Å²) in [6.07, 6.45) is 2.32. The van der Waals surface area contributed by atoms with Crippen molar-refractivity contribution in [1.82, 2.24) is 0 Å². The Kier molecular flexibility index (Phi) is 5.20. The van der Waals surface area contributed by atoms with Gasteiger partial charge in [0.05, 0.1) is 0 Å². The Hall–Kier alpha value is -1.51. The molecule has 1 rings (SSSR count). The molecule has 100 valence electrons. The Labute approximate surface area is 110 Å². The lowest BCUT2D eigenvalue weighted by Gasteiger charge is -2.18. The third-order valence-corrected chi connectivity index (χ3v) is 3.18. The molecule has 1 aromatic rings. The molecule has 0 bridgehead atoms. The number of nitrogens with one attached hydrogen (secondary N) is 1. The van der Waals surface area contributed by atoms with Gasteiger partial charge in [-0.3, -0.25) is 4.79 Å². The molecule has 3 nitrogen and oxygen atoms in total. The minimum atomic E-state index is -0.369. The molecular weight excluding hydrogens is 224 g/mol. The molecule has 1 unspecified atom stereocenters. The van der Waals surface area contributed by atoms with Crippen LogP contribution in [0.5, 0.6) is 0 Å². The fraction of sp³-hybridized carbons (Fsp3) is 0.533. The van der Waals surface area contributed by atoms with Gasteiger partial charge in [0, 0.05) is 17.3 Å². The van der Waals surface area contributed by atoms with Crippen LogP contribution in [-0.4, -0.2) is 11.9 Å². The maximum Gasteiger partial charge on any atom is 0.249 e. The molecule has 0 saturated carbocycles. The predicted molar refractivity (Wildman–Crippen MR) is 76.9 cm³/mol. The second-order valence-electron chi connectivity index (χ2n) is 5.36. The van der Waals surface area contributed by atoms with E-state index in [4.69, 9.17) is 5.73 Å². The van der Waals surface area contributed by atoms with Gasteiger partial charge in [-0.15, -0.1) is 0 Å². The quantitative estimate of drug-likeness (QED) is 0.811. The molecule has 0 aliphatic carbocycles. The average molecular weight is 248 g/mol. The summed E-state index contributed by atoms with van der Waals surface area (Å²) in [5, 5.41) is 3.45. The summed E-state index contributed by atoms with van der Waals surface area (Å²) in [4.78, 5) is 11.3. The zero-order valence-electron chi connectivity index (χ0n) is 11.8. The van der Waals surface area contributed by atoms with Crippen molar-refractivity contribution in [3.8, 4) is 0 Å². The number of carbonyl (C=O) groups excluding carboxylic acids is 1. The Morgan fingerprint density at radius 1 is 1.28 bits per heavy atom. The predicted octanol–water partition coefficient (Wildman–Crippen LogP) is 3.33. The van der Waals surface area contributed by atoms with E-state index in [1.807, 2.05) is 19.1 Å². The van der Waals surface area contributed by atoms with Crippen LogP contribution in [-0.2, 0) is 0 Å². The summed E-state index contributed by atoms with van der Waals surface area (Å²) in [5.41, 5.74) is 7.87.